The summed E-state index contributed by atoms with van der Waals surface area (Å²) in [7, 11) is 1.78. The van der Waals surface area contributed by atoms with Gasteiger partial charge < -0.3 is 10.1 Å². The minimum atomic E-state index is 0.629. The number of anilines is 1. The number of nitrogens with one attached hydrogen (secondary N) is 1. The van der Waals surface area contributed by atoms with Crippen LogP contribution in [0.2, 0.25) is 5.02 Å². The van der Waals surface area contributed by atoms with Gasteiger partial charge in [-0.05, 0) is 44.4 Å². The molecule has 1 aromatic rings. The Balaban J connectivity index is 1.99. The largest absolute Gasteiger partial charge is 0.384 e. The van der Waals surface area contributed by atoms with Crippen LogP contribution in [-0.2, 0) is 11.3 Å². The Labute approximate surface area is 126 Å². The Morgan fingerprint density at radius 2 is 2.35 bits per heavy atom. The second kappa shape index (κ2) is 7.81. The van der Waals surface area contributed by atoms with Crippen LogP contribution in [0.5, 0.6) is 0 Å². The number of methoxy groups -OCH3 is 1. The minimum absolute atomic E-state index is 0.629. The van der Waals surface area contributed by atoms with Gasteiger partial charge in [-0.3, -0.25) is 4.90 Å². The molecule has 0 bridgehead atoms. The highest BCUT2D eigenvalue weighted by molar-refractivity contribution is 6.31. The van der Waals surface area contributed by atoms with Gasteiger partial charge in [-0.15, -0.1) is 0 Å². The number of ether oxygens (including phenoxy) is 1. The van der Waals surface area contributed by atoms with E-state index in [-0.39, 0.29) is 0 Å². The summed E-state index contributed by atoms with van der Waals surface area (Å²) in [5.41, 5.74) is 0.961. The van der Waals surface area contributed by atoms with Gasteiger partial charge in [-0.2, -0.15) is 0 Å². The fourth-order valence-corrected chi connectivity index (χ4v) is 2.92. The summed E-state index contributed by atoms with van der Waals surface area (Å²) < 4.78 is 5.28. The van der Waals surface area contributed by atoms with Crippen LogP contribution in [0.4, 0.5) is 5.82 Å². The van der Waals surface area contributed by atoms with E-state index in [0.29, 0.717) is 5.92 Å². The summed E-state index contributed by atoms with van der Waals surface area (Å²) >= 11 is 6.27. The number of aromatic nitrogens is 1. The molecule has 0 aromatic carbocycles. The zero-order chi connectivity index (χ0) is 14.4. The van der Waals surface area contributed by atoms with Crippen LogP contribution in [0.1, 0.15) is 25.5 Å². The van der Waals surface area contributed by atoms with Gasteiger partial charge in [0.05, 0.1) is 17.3 Å². The monoisotopic (exact) mass is 297 g/mol. The van der Waals surface area contributed by atoms with Gasteiger partial charge in [0.2, 0.25) is 0 Å². The maximum atomic E-state index is 6.27. The van der Waals surface area contributed by atoms with Crippen molar-refractivity contribution in [3.8, 4) is 0 Å². The van der Waals surface area contributed by atoms with Crippen LogP contribution >= 0.6 is 11.6 Å². The average Bonchev–Trinajstić information content (AvgIpc) is 2.44. The predicted molar refractivity (Wildman–Crippen MR) is 83.3 cm³/mol. The van der Waals surface area contributed by atoms with E-state index in [2.05, 4.69) is 22.1 Å². The molecular weight excluding hydrogens is 274 g/mol. The number of nitrogens with zero attached hydrogens (tertiary/aromatic N) is 2. The Kier molecular flexibility index (Phi) is 6.07. The summed E-state index contributed by atoms with van der Waals surface area (Å²) in [4.78, 5) is 7.04. The fourth-order valence-electron chi connectivity index (χ4n) is 2.75. The molecule has 112 valence electrons. The van der Waals surface area contributed by atoms with E-state index < -0.39 is 0 Å². The van der Waals surface area contributed by atoms with E-state index in [1.807, 2.05) is 12.1 Å². The van der Waals surface area contributed by atoms with Crippen molar-refractivity contribution in [1.29, 1.82) is 0 Å². The molecule has 0 amide bonds. The Hall–Kier alpha value is -0.840. The molecule has 1 fully saturated rings. The molecule has 0 spiro atoms. The molecule has 0 saturated carbocycles. The molecule has 1 unspecified atom stereocenters. The molecule has 0 aliphatic carbocycles. The van der Waals surface area contributed by atoms with Gasteiger partial charge in [0, 0.05) is 26.7 Å². The van der Waals surface area contributed by atoms with Crippen molar-refractivity contribution >= 4 is 17.4 Å². The van der Waals surface area contributed by atoms with Gasteiger partial charge >= 0.3 is 0 Å². The zero-order valence-electron chi connectivity index (χ0n) is 12.4. The number of halogens is 1. The third-order valence-electron chi connectivity index (χ3n) is 3.66. The first-order valence-electron chi connectivity index (χ1n) is 7.33. The molecule has 1 aliphatic rings. The first-order valence-corrected chi connectivity index (χ1v) is 7.71. The van der Waals surface area contributed by atoms with Gasteiger partial charge in [0.1, 0.15) is 5.82 Å². The van der Waals surface area contributed by atoms with E-state index in [9.17, 15) is 0 Å². The molecule has 1 aromatic heterocycles. The van der Waals surface area contributed by atoms with Crippen molar-refractivity contribution in [1.82, 2.24) is 9.88 Å². The summed E-state index contributed by atoms with van der Waals surface area (Å²) in [6.45, 7) is 6.78. The topological polar surface area (TPSA) is 37.4 Å². The van der Waals surface area contributed by atoms with Gasteiger partial charge in [0.25, 0.3) is 0 Å². The lowest BCUT2D eigenvalue weighted by molar-refractivity contribution is 0.0868. The quantitative estimate of drug-likeness (QED) is 0.876. The maximum Gasteiger partial charge on any atom is 0.126 e. The van der Waals surface area contributed by atoms with Gasteiger partial charge in [-0.25, -0.2) is 4.98 Å². The Morgan fingerprint density at radius 3 is 3.10 bits per heavy atom. The summed E-state index contributed by atoms with van der Waals surface area (Å²) in [6.07, 6.45) is 2.47. The van der Waals surface area contributed by atoms with Crippen LogP contribution in [0.3, 0.4) is 0 Å². The zero-order valence-corrected chi connectivity index (χ0v) is 13.1. The molecule has 5 heteroatoms. The number of likely N-dealkylation sites (tertiary alicyclic amines) is 1. The summed E-state index contributed by atoms with van der Waals surface area (Å²) in [5, 5.41) is 3.98. The van der Waals surface area contributed by atoms with Crippen LogP contribution in [0.25, 0.3) is 0 Å². The molecule has 20 heavy (non-hydrogen) atoms. The third-order valence-corrected chi connectivity index (χ3v) is 4.00. The molecule has 1 N–H and O–H groups in total. The number of pyridine rings is 1. The van der Waals surface area contributed by atoms with E-state index in [4.69, 9.17) is 16.3 Å². The van der Waals surface area contributed by atoms with Crippen LogP contribution < -0.4 is 5.32 Å². The molecule has 2 rings (SSSR count). The molecule has 4 nitrogen and oxygen atoms in total. The highest BCUT2D eigenvalue weighted by Gasteiger charge is 2.21. The molecule has 1 atom stereocenters. The van der Waals surface area contributed by atoms with Crippen molar-refractivity contribution in [2.24, 2.45) is 5.92 Å². The van der Waals surface area contributed by atoms with Crippen LogP contribution in [0, 0.1) is 5.92 Å². The smallest absolute Gasteiger partial charge is 0.126 e. The SMILES string of the molecule is CCNc1ccc(Cl)c(CN2CCCC(COC)C2)n1. The molecular formula is C15H24ClN3O. The summed E-state index contributed by atoms with van der Waals surface area (Å²) in [5.74, 6) is 1.53. The summed E-state index contributed by atoms with van der Waals surface area (Å²) in [6, 6.07) is 3.86. The first kappa shape index (κ1) is 15.5. The van der Waals surface area contributed by atoms with Crippen LogP contribution in [0.15, 0.2) is 12.1 Å². The molecule has 0 radical (unpaired) electrons. The Morgan fingerprint density at radius 1 is 1.50 bits per heavy atom. The Bertz CT molecular complexity index is 426. The van der Waals surface area contributed by atoms with E-state index in [0.717, 1.165) is 49.3 Å². The standard InChI is InChI=1S/C15H24ClN3O/c1-3-17-15-7-6-13(16)14(18-15)10-19-8-4-5-12(9-19)11-20-2/h6-7,12H,3-5,8-11H2,1-2H3,(H,17,18). The van der Waals surface area contributed by atoms with E-state index in [1.165, 1.54) is 12.8 Å². The van der Waals surface area contributed by atoms with Gasteiger partial charge in [0.15, 0.2) is 0 Å². The normalized spacial score (nSPS) is 20.1. The molecule has 2 heterocycles. The minimum Gasteiger partial charge on any atom is -0.384 e. The van der Waals surface area contributed by atoms with Crippen molar-refractivity contribution < 1.29 is 4.74 Å². The first-order chi connectivity index (χ1) is 9.72. The lowest BCUT2D eigenvalue weighted by Crippen LogP contribution is -2.36. The second-order valence-corrected chi connectivity index (χ2v) is 5.76. The fraction of sp³-hybridized carbons (Fsp3) is 0.667. The predicted octanol–water partition coefficient (Wildman–Crippen LogP) is 3.03. The van der Waals surface area contributed by atoms with Crippen molar-refractivity contribution in [3.63, 3.8) is 0 Å². The van der Waals surface area contributed by atoms with Crippen LogP contribution in [-0.4, -0.2) is 43.2 Å². The average molecular weight is 298 g/mol. The molecule has 1 saturated heterocycles. The second-order valence-electron chi connectivity index (χ2n) is 5.35. The maximum absolute atomic E-state index is 6.27. The van der Waals surface area contributed by atoms with E-state index >= 15 is 0 Å². The lowest BCUT2D eigenvalue weighted by atomic mass is 9.99. The van der Waals surface area contributed by atoms with Crippen molar-refractivity contribution in [2.75, 3.05) is 38.7 Å². The highest BCUT2D eigenvalue weighted by atomic mass is 35.5. The number of piperidine rings is 1. The van der Waals surface area contributed by atoms with E-state index in [1.54, 1.807) is 7.11 Å². The number of hydrogen-bond donors (Lipinski definition) is 1. The highest BCUT2D eigenvalue weighted by Crippen LogP contribution is 2.22. The number of hydrogen-bond acceptors (Lipinski definition) is 4. The number of rotatable bonds is 6. The molecule has 1 aliphatic heterocycles. The third kappa shape index (κ3) is 4.33. The van der Waals surface area contributed by atoms with Gasteiger partial charge in [-0.1, -0.05) is 11.6 Å². The van der Waals surface area contributed by atoms with Crippen molar-refractivity contribution in [3.05, 3.63) is 22.8 Å². The lowest BCUT2D eigenvalue weighted by Gasteiger charge is -2.32. The van der Waals surface area contributed by atoms with Crippen molar-refractivity contribution in [2.45, 2.75) is 26.3 Å².